The Balaban J connectivity index is 2.13. The van der Waals surface area contributed by atoms with Crippen LogP contribution in [0.3, 0.4) is 0 Å². The van der Waals surface area contributed by atoms with Gasteiger partial charge in [0.25, 0.3) is 0 Å². The van der Waals surface area contributed by atoms with Crippen LogP contribution >= 0.6 is 11.6 Å². The van der Waals surface area contributed by atoms with Crippen LogP contribution in [0.5, 0.6) is 0 Å². The molecular formula is C22H26ClN5O. The van der Waals surface area contributed by atoms with Gasteiger partial charge >= 0.3 is 5.69 Å². The lowest BCUT2D eigenvalue weighted by Crippen LogP contribution is -2.27. The van der Waals surface area contributed by atoms with Crippen LogP contribution in [-0.4, -0.2) is 48.8 Å². The quantitative estimate of drug-likeness (QED) is 0.554. The summed E-state index contributed by atoms with van der Waals surface area (Å²) in [4.78, 5) is 21.0. The smallest absolute Gasteiger partial charge is 0.364 e. The summed E-state index contributed by atoms with van der Waals surface area (Å²) in [6.45, 7) is 0.442. The molecule has 3 rings (SSSR count). The van der Waals surface area contributed by atoms with Crippen LogP contribution in [0.1, 0.15) is 6.42 Å². The van der Waals surface area contributed by atoms with E-state index >= 15 is 0 Å². The molecule has 0 aliphatic rings. The van der Waals surface area contributed by atoms with Crippen molar-refractivity contribution in [1.29, 1.82) is 0 Å². The largest absolute Gasteiger partial charge is 0.378 e. The summed E-state index contributed by atoms with van der Waals surface area (Å²) >= 11 is 5.80. The van der Waals surface area contributed by atoms with E-state index in [-0.39, 0.29) is 5.69 Å². The highest BCUT2D eigenvalue weighted by Crippen LogP contribution is 2.30. The van der Waals surface area contributed by atoms with Crippen LogP contribution < -0.4 is 15.5 Å². The van der Waals surface area contributed by atoms with Gasteiger partial charge in [-0.2, -0.15) is 10.1 Å². The molecule has 0 unspecified atom stereocenters. The Hall–Kier alpha value is -2.86. The van der Waals surface area contributed by atoms with Gasteiger partial charge in [-0.1, -0.05) is 24.3 Å². The van der Waals surface area contributed by atoms with Gasteiger partial charge in [0, 0.05) is 63.1 Å². The van der Waals surface area contributed by atoms with E-state index in [1.807, 2.05) is 86.5 Å². The fourth-order valence-electron chi connectivity index (χ4n) is 3.00. The van der Waals surface area contributed by atoms with Gasteiger partial charge in [-0.05, 0) is 30.7 Å². The number of aromatic nitrogens is 3. The van der Waals surface area contributed by atoms with Crippen molar-refractivity contribution in [2.45, 2.75) is 13.0 Å². The second kappa shape index (κ2) is 9.09. The Morgan fingerprint density at radius 1 is 0.828 bits per heavy atom. The van der Waals surface area contributed by atoms with E-state index in [2.05, 4.69) is 10.1 Å². The molecule has 0 atom stereocenters. The number of alkyl halides is 1. The molecule has 0 aliphatic heterocycles. The number of benzene rings is 2. The first-order valence-electron chi connectivity index (χ1n) is 9.51. The maximum atomic E-state index is 12.6. The van der Waals surface area contributed by atoms with E-state index in [1.54, 1.807) is 0 Å². The van der Waals surface area contributed by atoms with Crippen molar-refractivity contribution in [2.75, 3.05) is 43.9 Å². The van der Waals surface area contributed by atoms with E-state index in [0.29, 0.717) is 30.2 Å². The molecular weight excluding hydrogens is 386 g/mol. The van der Waals surface area contributed by atoms with Gasteiger partial charge in [-0.15, -0.1) is 11.6 Å². The van der Waals surface area contributed by atoms with Crippen molar-refractivity contribution in [3.63, 3.8) is 0 Å². The number of rotatable bonds is 7. The molecule has 0 N–H and O–H groups in total. The third-order valence-electron chi connectivity index (χ3n) is 4.69. The molecule has 0 fully saturated rings. The number of halogens is 1. The third-order valence-corrected chi connectivity index (χ3v) is 4.96. The average molecular weight is 412 g/mol. The standard InChI is InChI=1S/C22H26ClN5O/c1-26(2)18-10-6-16(7-11-18)20-21(17-8-12-19(13-9-17)27(3)4)25-28(15-5-14-23)22(29)24-20/h6-13H,5,14-15H2,1-4H3. The summed E-state index contributed by atoms with van der Waals surface area (Å²) in [6.07, 6.45) is 0.659. The first kappa shape index (κ1) is 20.9. The van der Waals surface area contributed by atoms with Gasteiger partial charge in [0.2, 0.25) is 0 Å². The van der Waals surface area contributed by atoms with Gasteiger partial charge in [0.1, 0.15) is 11.4 Å². The summed E-state index contributed by atoms with van der Waals surface area (Å²) in [5.74, 6) is 0.467. The number of anilines is 2. The first-order chi connectivity index (χ1) is 13.9. The molecule has 0 radical (unpaired) electrons. The molecule has 1 aromatic heterocycles. The van der Waals surface area contributed by atoms with Crippen molar-refractivity contribution in [2.24, 2.45) is 0 Å². The maximum Gasteiger partial charge on any atom is 0.364 e. The lowest BCUT2D eigenvalue weighted by Gasteiger charge is -2.15. The number of nitrogens with zero attached hydrogens (tertiary/aromatic N) is 5. The van der Waals surface area contributed by atoms with E-state index < -0.39 is 0 Å². The Bertz CT molecular complexity index is 1010. The summed E-state index contributed by atoms with van der Waals surface area (Å²) < 4.78 is 1.40. The topological polar surface area (TPSA) is 54.3 Å². The van der Waals surface area contributed by atoms with E-state index in [9.17, 15) is 4.79 Å². The molecule has 6 nitrogen and oxygen atoms in total. The minimum absolute atomic E-state index is 0.365. The van der Waals surface area contributed by atoms with Crippen molar-refractivity contribution in [3.8, 4) is 22.5 Å². The highest BCUT2D eigenvalue weighted by atomic mass is 35.5. The van der Waals surface area contributed by atoms with Crippen molar-refractivity contribution >= 4 is 23.0 Å². The van der Waals surface area contributed by atoms with Gasteiger partial charge in [-0.25, -0.2) is 9.48 Å². The lowest BCUT2D eigenvalue weighted by molar-refractivity contribution is 0.556. The molecule has 1 heterocycles. The predicted octanol–water partition coefficient (Wildman–Crippen LogP) is 3.73. The van der Waals surface area contributed by atoms with Crippen LogP contribution in [0, 0.1) is 0 Å². The van der Waals surface area contributed by atoms with E-state index in [4.69, 9.17) is 11.6 Å². The van der Waals surface area contributed by atoms with Crippen LogP contribution in [0.25, 0.3) is 22.5 Å². The SMILES string of the molecule is CN(C)c1ccc(-c2nc(=O)n(CCCCl)nc2-c2ccc(N(C)C)cc2)cc1. The Morgan fingerprint density at radius 2 is 1.31 bits per heavy atom. The minimum Gasteiger partial charge on any atom is -0.378 e. The van der Waals surface area contributed by atoms with Crippen LogP contribution in [0.15, 0.2) is 53.3 Å². The molecule has 0 amide bonds. The van der Waals surface area contributed by atoms with E-state index in [1.165, 1.54) is 4.68 Å². The number of aryl methyl sites for hydroxylation is 1. The highest BCUT2D eigenvalue weighted by Gasteiger charge is 2.15. The Morgan fingerprint density at radius 3 is 1.76 bits per heavy atom. The lowest BCUT2D eigenvalue weighted by atomic mass is 10.0. The molecule has 152 valence electrons. The van der Waals surface area contributed by atoms with E-state index in [0.717, 1.165) is 22.5 Å². The maximum absolute atomic E-state index is 12.6. The van der Waals surface area contributed by atoms with Gasteiger partial charge in [0.15, 0.2) is 0 Å². The summed E-state index contributed by atoms with van der Waals surface area (Å²) in [5.41, 5.74) is 4.84. The van der Waals surface area contributed by atoms with Crippen LogP contribution in [0.4, 0.5) is 11.4 Å². The third kappa shape index (κ3) is 4.77. The van der Waals surface area contributed by atoms with Crippen molar-refractivity contribution < 1.29 is 0 Å². The molecule has 0 bridgehead atoms. The molecule has 0 spiro atoms. The van der Waals surface area contributed by atoms with Gasteiger partial charge in [0.05, 0.1) is 0 Å². The average Bonchev–Trinajstić information content (AvgIpc) is 2.73. The van der Waals surface area contributed by atoms with Gasteiger partial charge < -0.3 is 9.80 Å². The zero-order valence-electron chi connectivity index (χ0n) is 17.3. The summed E-state index contributed by atoms with van der Waals surface area (Å²) in [5, 5.41) is 4.65. The molecule has 0 aliphatic carbocycles. The summed E-state index contributed by atoms with van der Waals surface area (Å²) in [6, 6.07) is 16.0. The molecule has 0 saturated heterocycles. The molecule has 3 aromatic rings. The Labute approximate surface area is 176 Å². The molecule has 29 heavy (non-hydrogen) atoms. The first-order valence-corrected chi connectivity index (χ1v) is 10.0. The van der Waals surface area contributed by atoms with Crippen LogP contribution in [-0.2, 0) is 6.54 Å². The number of hydrogen-bond donors (Lipinski definition) is 0. The number of hydrogen-bond acceptors (Lipinski definition) is 5. The minimum atomic E-state index is -0.365. The Kier molecular flexibility index (Phi) is 6.54. The fraction of sp³-hybridized carbons (Fsp3) is 0.318. The molecule has 0 saturated carbocycles. The molecule has 2 aromatic carbocycles. The zero-order chi connectivity index (χ0) is 21.0. The monoisotopic (exact) mass is 411 g/mol. The summed E-state index contributed by atoms with van der Waals surface area (Å²) in [7, 11) is 7.98. The fourth-order valence-corrected chi connectivity index (χ4v) is 3.12. The second-order valence-electron chi connectivity index (χ2n) is 7.24. The van der Waals surface area contributed by atoms with Crippen LogP contribution in [0.2, 0.25) is 0 Å². The van der Waals surface area contributed by atoms with Crippen molar-refractivity contribution in [3.05, 3.63) is 59.0 Å². The van der Waals surface area contributed by atoms with Crippen molar-refractivity contribution in [1.82, 2.24) is 14.8 Å². The zero-order valence-corrected chi connectivity index (χ0v) is 18.0. The second-order valence-corrected chi connectivity index (χ2v) is 7.62. The predicted molar refractivity (Wildman–Crippen MR) is 121 cm³/mol. The highest BCUT2D eigenvalue weighted by molar-refractivity contribution is 6.17. The normalized spacial score (nSPS) is 10.8. The molecule has 7 heteroatoms. The van der Waals surface area contributed by atoms with Gasteiger partial charge in [-0.3, -0.25) is 0 Å².